The van der Waals surface area contributed by atoms with Crippen LogP contribution in [0.15, 0.2) is 54.6 Å². The molecule has 1 aliphatic carbocycles. The Morgan fingerprint density at radius 2 is 1.62 bits per heavy atom. The van der Waals surface area contributed by atoms with Crippen LogP contribution in [0.5, 0.6) is 0 Å². The van der Waals surface area contributed by atoms with Gasteiger partial charge in [-0.15, -0.1) is 0 Å². The molecule has 37 heavy (non-hydrogen) atoms. The van der Waals surface area contributed by atoms with Gasteiger partial charge in [0.25, 0.3) is 0 Å². The number of anilines is 1. The van der Waals surface area contributed by atoms with Crippen LogP contribution in [0.25, 0.3) is 0 Å². The van der Waals surface area contributed by atoms with Crippen LogP contribution in [0.2, 0.25) is 0 Å². The van der Waals surface area contributed by atoms with Crippen LogP contribution in [0.3, 0.4) is 0 Å². The zero-order chi connectivity index (χ0) is 26.8. The van der Waals surface area contributed by atoms with Gasteiger partial charge in [0.15, 0.2) is 0 Å². The zero-order valence-electron chi connectivity index (χ0n) is 22.4. The third kappa shape index (κ3) is 8.59. The van der Waals surface area contributed by atoms with Crippen molar-refractivity contribution in [3.05, 3.63) is 65.7 Å². The number of carbonyl (C=O) groups excluding carboxylic acids is 2. The molecule has 1 saturated carbocycles. The van der Waals surface area contributed by atoms with Crippen LogP contribution in [-0.4, -0.2) is 56.6 Å². The average molecular weight is 528 g/mol. The minimum atomic E-state index is -3.51. The Kier molecular flexibility index (Phi) is 10.6. The molecule has 2 aromatic rings. The molecule has 202 valence electrons. The van der Waals surface area contributed by atoms with Gasteiger partial charge in [-0.3, -0.25) is 13.9 Å². The van der Waals surface area contributed by atoms with Crippen molar-refractivity contribution in [2.45, 2.75) is 77.3 Å². The van der Waals surface area contributed by atoms with Gasteiger partial charge in [0, 0.05) is 25.6 Å². The quantitative estimate of drug-likeness (QED) is 0.442. The average Bonchev–Trinajstić information content (AvgIpc) is 2.88. The van der Waals surface area contributed by atoms with E-state index in [1.807, 2.05) is 55.5 Å². The number of rotatable bonds is 12. The maximum atomic E-state index is 13.4. The van der Waals surface area contributed by atoms with Crippen LogP contribution in [0.1, 0.15) is 63.0 Å². The van der Waals surface area contributed by atoms with Crippen LogP contribution in [0, 0.1) is 6.92 Å². The molecule has 1 atom stereocenters. The van der Waals surface area contributed by atoms with Gasteiger partial charge in [0.2, 0.25) is 21.8 Å². The summed E-state index contributed by atoms with van der Waals surface area (Å²) >= 11 is 0. The molecule has 2 amide bonds. The van der Waals surface area contributed by atoms with E-state index in [2.05, 4.69) is 5.32 Å². The predicted octanol–water partition coefficient (Wildman–Crippen LogP) is 4.45. The largest absolute Gasteiger partial charge is 0.352 e. The van der Waals surface area contributed by atoms with E-state index in [-0.39, 0.29) is 30.8 Å². The molecule has 1 fully saturated rings. The second kappa shape index (κ2) is 13.6. The maximum absolute atomic E-state index is 13.4. The fraction of sp³-hybridized carbons (Fsp3) is 0.517. The highest BCUT2D eigenvalue weighted by molar-refractivity contribution is 7.92. The number of nitrogens with one attached hydrogen (secondary N) is 1. The van der Waals surface area contributed by atoms with Gasteiger partial charge in [-0.2, -0.15) is 0 Å². The summed E-state index contributed by atoms with van der Waals surface area (Å²) < 4.78 is 26.4. The molecule has 8 heteroatoms. The summed E-state index contributed by atoms with van der Waals surface area (Å²) in [6, 6.07) is 16.8. The Hall–Kier alpha value is -2.87. The van der Waals surface area contributed by atoms with E-state index in [4.69, 9.17) is 0 Å². The molecular weight excluding hydrogens is 486 g/mol. The summed E-state index contributed by atoms with van der Waals surface area (Å²) in [4.78, 5) is 28.2. The normalized spacial score (nSPS) is 15.1. The van der Waals surface area contributed by atoms with Crippen LogP contribution >= 0.6 is 0 Å². The lowest BCUT2D eigenvalue weighted by Gasteiger charge is -2.31. The third-order valence-electron chi connectivity index (χ3n) is 7.14. The highest BCUT2D eigenvalue weighted by atomic mass is 32.2. The Bertz CT molecular complexity index is 1130. The molecule has 0 radical (unpaired) electrons. The lowest BCUT2D eigenvalue weighted by atomic mass is 9.95. The van der Waals surface area contributed by atoms with Gasteiger partial charge in [-0.25, -0.2) is 8.42 Å². The van der Waals surface area contributed by atoms with E-state index < -0.39 is 16.1 Å². The van der Waals surface area contributed by atoms with Gasteiger partial charge >= 0.3 is 0 Å². The van der Waals surface area contributed by atoms with E-state index in [1.54, 1.807) is 17.9 Å². The van der Waals surface area contributed by atoms with Crippen LogP contribution in [-0.2, 0) is 26.0 Å². The predicted molar refractivity (Wildman–Crippen MR) is 149 cm³/mol. The molecule has 0 saturated heterocycles. The molecule has 0 spiro atoms. The van der Waals surface area contributed by atoms with Gasteiger partial charge in [0.05, 0.1) is 11.9 Å². The standard InChI is InChI=1S/C29H41N3O4S/c1-23-13-10-11-18-27(23)32(37(3,35)36)21-12-19-28(33)31(22-20-25-14-6-4-7-15-25)24(2)29(34)30-26-16-8-5-9-17-26/h4,6-7,10-11,13-15,18,24,26H,5,8-9,12,16-17,19-22H2,1-3H3,(H,30,34)/t24-/m0/s1. The summed E-state index contributed by atoms with van der Waals surface area (Å²) in [5.74, 6) is -0.258. The first-order valence-corrected chi connectivity index (χ1v) is 15.2. The maximum Gasteiger partial charge on any atom is 0.242 e. The summed E-state index contributed by atoms with van der Waals surface area (Å²) in [6.07, 6.45) is 7.76. The van der Waals surface area contributed by atoms with Crippen molar-refractivity contribution in [1.29, 1.82) is 0 Å². The zero-order valence-corrected chi connectivity index (χ0v) is 23.2. The smallest absolute Gasteiger partial charge is 0.242 e. The highest BCUT2D eigenvalue weighted by Gasteiger charge is 2.28. The SMILES string of the molecule is Cc1ccccc1N(CCCC(=O)N(CCc1ccccc1)[C@@H](C)C(=O)NC1CCCCC1)S(C)(=O)=O. The van der Waals surface area contributed by atoms with Crippen molar-refractivity contribution >= 4 is 27.5 Å². The van der Waals surface area contributed by atoms with E-state index in [1.165, 1.54) is 17.0 Å². The second-order valence-electron chi connectivity index (χ2n) is 10.1. The summed E-state index contributed by atoms with van der Waals surface area (Å²) in [5.41, 5.74) is 2.58. The van der Waals surface area contributed by atoms with Gasteiger partial charge < -0.3 is 10.2 Å². The number of aryl methyl sites for hydroxylation is 1. The monoisotopic (exact) mass is 527 g/mol. The van der Waals surface area contributed by atoms with Crippen molar-refractivity contribution in [2.24, 2.45) is 0 Å². The number of carbonyl (C=O) groups is 2. The lowest BCUT2D eigenvalue weighted by Crippen LogP contribution is -2.51. The number of benzene rings is 2. The molecule has 1 aliphatic rings. The summed E-state index contributed by atoms with van der Waals surface area (Å²) in [5, 5.41) is 3.15. The Morgan fingerprint density at radius 1 is 0.973 bits per heavy atom. The Morgan fingerprint density at radius 3 is 2.27 bits per heavy atom. The molecule has 1 N–H and O–H groups in total. The molecule has 3 rings (SSSR count). The summed E-state index contributed by atoms with van der Waals surface area (Å²) in [6.45, 7) is 4.29. The van der Waals surface area contributed by atoms with Crippen molar-refractivity contribution in [1.82, 2.24) is 10.2 Å². The minimum Gasteiger partial charge on any atom is -0.352 e. The molecule has 0 heterocycles. The van der Waals surface area contributed by atoms with E-state index in [0.717, 1.165) is 36.8 Å². The lowest BCUT2D eigenvalue weighted by molar-refractivity contribution is -0.140. The molecule has 7 nitrogen and oxygen atoms in total. The molecular formula is C29H41N3O4S. The Balaban J connectivity index is 1.67. The number of nitrogens with zero attached hydrogens (tertiary/aromatic N) is 2. The van der Waals surface area contributed by atoms with Crippen molar-refractivity contribution in [3.63, 3.8) is 0 Å². The highest BCUT2D eigenvalue weighted by Crippen LogP contribution is 2.23. The number of amides is 2. The van der Waals surface area contributed by atoms with E-state index in [0.29, 0.717) is 25.1 Å². The number of hydrogen-bond donors (Lipinski definition) is 1. The Labute approximate surface area is 222 Å². The van der Waals surface area contributed by atoms with E-state index in [9.17, 15) is 18.0 Å². The second-order valence-corrected chi connectivity index (χ2v) is 12.0. The topological polar surface area (TPSA) is 86.8 Å². The van der Waals surface area contributed by atoms with Gasteiger partial charge in [-0.1, -0.05) is 67.8 Å². The molecule has 0 aromatic heterocycles. The van der Waals surface area contributed by atoms with E-state index >= 15 is 0 Å². The first kappa shape index (κ1) is 28.7. The van der Waals surface area contributed by atoms with Gasteiger partial charge in [0.1, 0.15) is 6.04 Å². The number of hydrogen-bond acceptors (Lipinski definition) is 4. The molecule has 0 unspecified atom stereocenters. The first-order chi connectivity index (χ1) is 17.7. The van der Waals surface area contributed by atoms with Crippen LogP contribution in [0.4, 0.5) is 5.69 Å². The fourth-order valence-electron chi connectivity index (χ4n) is 4.96. The molecule has 0 bridgehead atoms. The van der Waals surface area contributed by atoms with Crippen molar-refractivity contribution < 1.29 is 18.0 Å². The minimum absolute atomic E-state index is 0.119. The van der Waals surface area contributed by atoms with Crippen LogP contribution < -0.4 is 9.62 Å². The number of sulfonamides is 1. The molecule has 2 aromatic carbocycles. The van der Waals surface area contributed by atoms with Crippen molar-refractivity contribution in [3.8, 4) is 0 Å². The third-order valence-corrected chi connectivity index (χ3v) is 8.32. The first-order valence-electron chi connectivity index (χ1n) is 13.3. The van der Waals surface area contributed by atoms with Gasteiger partial charge in [-0.05, 0) is 56.7 Å². The number of para-hydroxylation sites is 1. The van der Waals surface area contributed by atoms with Crippen molar-refractivity contribution in [2.75, 3.05) is 23.7 Å². The fourth-order valence-corrected chi connectivity index (χ4v) is 5.99. The molecule has 0 aliphatic heterocycles. The summed E-state index contributed by atoms with van der Waals surface area (Å²) in [7, 11) is -3.51.